The molecule has 0 unspecified atom stereocenters. The summed E-state index contributed by atoms with van der Waals surface area (Å²) in [7, 11) is -4.23. The lowest BCUT2D eigenvalue weighted by atomic mass is 10.3. The summed E-state index contributed by atoms with van der Waals surface area (Å²) in [6, 6.07) is -0.360. The van der Waals surface area contributed by atoms with Crippen LogP contribution in [0.15, 0.2) is 12.4 Å². The summed E-state index contributed by atoms with van der Waals surface area (Å²) in [5.74, 6) is 0. The first kappa shape index (κ1) is 14.8. The standard InChI is InChI=1S/C9H14F3N2O3S/c1-3-4-5-14-7-6-13(2)8(14)17-18(15,16)9(10,11)12/h6-7H,3-5H2,1-2H3/q+1. The van der Waals surface area contributed by atoms with Crippen LogP contribution in [0.3, 0.4) is 0 Å². The first-order chi connectivity index (χ1) is 8.19. The van der Waals surface area contributed by atoms with Crippen molar-refractivity contribution in [2.45, 2.75) is 31.8 Å². The number of imidazole rings is 1. The smallest absolute Gasteiger partial charge is 0.302 e. The predicted molar refractivity (Wildman–Crippen MR) is 56.1 cm³/mol. The summed E-state index contributed by atoms with van der Waals surface area (Å²) in [6.45, 7) is 2.30. The molecule has 5 nitrogen and oxygen atoms in total. The molecule has 0 fully saturated rings. The minimum Gasteiger partial charge on any atom is -0.302 e. The summed E-state index contributed by atoms with van der Waals surface area (Å²) in [5.41, 5.74) is -5.43. The Kier molecular flexibility index (Phi) is 4.25. The van der Waals surface area contributed by atoms with Crippen LogP contribution >= 0.6 is 0 Å². The number of alkyl halides is 3. The lowest BCUT2D eigenvalue weighted by molar-refractivity contribution is -0.674. The molecule has 0 N–H and O–H groups in total. The molecule has 104 valence electrons. The van der Waals surface area contributed by atoms with Gasteiger partial charge in [-0.05, 0) is 6.42 Å². The second kappa shape index (κ2) is 5.17. The van der Waals surface area contributed by atoms with Crippen LogP contribution in [-0.4, -0.2) is 18.5 Å². The summed E-state index contributed by atoms with van der Waals surface area (Å²) < 4.78 is 65.1. The van der Waals surface area contributed by atoms with Crippen molar-refractivity contribution >= 4 is 10.1 Å². The van der Waals surface area contributed by atoms with Gasteiger partial charge in [0.05, 0.1) is 13.6 Å². The molecule has 0 saturated heterocycles. The molecule has 0 radical (unpaired) electrons. The fraction of sp³-hybridized carbons (Fsp3) is 0.667. The monoisotopic (exact) mass is 287 g/mol. The molecule has 1 heterocycles. The molecule has 1 rings (SSSR count). The van der Waals surface area contributed by atoms with Gasteiger partial charge < -0.3 is 4.18 Å². The highest BCUT2D eigenvalue weighted by molar-refractivity contribution is 7.87. The maximum atomic E-state index is 12.2. The van der Waals surface area contributed by atoms with Crippen molar-refractivity contribution < 1.29 is 30.3 Å². The summed E-state index contributed by atoms with van der Waals surface area (Å²) >= 11 is 0. The molecule has 0 amide bonds. The SMILES string of the molecule is CCCCn1cc[n+](C)c1OS(=O)(=O)C(F)(F)F. The molecule has 0 aliphatic heterocycles. The van der Waals surface area contributed by atoms with Crippen molar-refractivity contribution in [1.82, 2.24) is 4.57 Å². The number of nitrogens with zero attached hydrogens (tertiary/aromatic N) is 2. The van der Waals surface area contributed by atoms with Crippen molar-refractivity contribution in [3.8, 4) is 6.01 Å². The van der Waals surface area contributed by atoms with Gasteiger partial charge in [0, 0.05) is 0 Å². The maximum Gasteiger partial charge on any atom is 0.534 e. The van der Waals surface area contributed by atoms with Gasteiger partial charge in [0.15, 0.2) is 0 Å². The van der Waals surface area contributed by atoms with Gasteiger partial charge in [0.25, 0.3) is 0 Å². The topological polar surface area (TPSA) is 52.2 Å². The normalized spacial score (nSPS) is 12.7. The van der Waals surface area contributed by atoms with E-state index in [9.17, 15) is 21.6 Å². The molecule has 18 heavy (non-hydrogen) atoms. The van der Waals surface area contributed by atoms with Gasteiger partial charge in [-0.15, -0.1) is 0 Å². The Hall–Kier alpha value is -1.25. The number of hydrogen-bond acceptors (Lipinski definition) is 3. The minimum atomic E-state index is -5.63. The van der Waals surface area contributed by atoms with Gasteiger partial charge in [-0.25, -0.2) is 0 Å². The highest BCUT2D eigenvalue weighted by Gasteiger charge is 2.50. The van der Waals surface area contributed by atoms with Crippen LogP contribution in [0.5, 0.6) is 6.01 Å². The molecule has 0 bridgehead atoms. The van der Waals surface area contributed by atoms with Gasteiger partial charge in [0.2, 0.25) is 0 Å². The fourth-order valence-corrected chi connectivity index (χ4v) is 1.77. The van der Waals surface area contributed by atoms with Crippen molar-refractivity contribution in [2.24, 2.45) is 7.05 Å². The first-order valence-corrected chi connectivity index (χ1v) is 6.65. The van der Waals surface area contributed by atoms with Gasteiger partial charge in [-0.3, -0.25) is 0 Å². The maximum absolute atomic E-state index is 12.2. The van der Waals surface area contributed by atoms with Gasteiger partial charge >= 0.3 is 21.6 Å². The molecule has 1 aromatic heterocycles. The van der Waals surface area contributed by atoms with E-state index in [2.05, 4.69) is 4.18 Å². The van der Waals surface area contributed by atoms with Crippen LogP contribution in [0, 0.1) is 0 Å². The van der Waals surface area contributed by atoms with Gasteiger partial charge in [-0.2, -0.15) is 30.7 Å². The molecule has 0 aliphatic carbocycles. The number of unbranched alkanes of at least 4 members (excludes halogenated alkanes) is 1. The van der Waals surface area contributed by atoms with E-state index < -0.39 is 15.6 Å². The van der Waals surface area contributed by atoms with Crippen molar-refractivity contribution in [2.75, 3.05) is 0 Å². The van der Waals surface area contributed by atoms with E-state index in [1.165, 1.54) is 28.6 Å². The van der Waals surface area contributed by atoms with Crippen molar-refractivity contribution in [3.63, 3.8) is 0 Å². The number of aryl methyl sites for hydroxylation is 2. The lowest BCUT2D eigenvalue weighted by Crippen LogP contribution is -2.36. The van der Waals surface area contributed by atoms with Crippen LogP contribution in [0.1, 0.15) is 19.8 Å². The van der Waals surface area contributed by atoms with E-state index in [0.717, 1.165) is 6.42 Å². The summed E-state index contributed by atoms with van der Waals surface area (Å²) in [6.07, 6.45) is 4.43. The van der Waals surface area contributed by atoms with Gasteiger partial charge in [-0.1, -0.05) is 13.3 Å². The van der Waals surface area contributed by atoms with Crippen LogP contribution in [0.2, 0.25) is 0 Å². The Bertz CT molecular complexity index is 508. The van der Waals surface area contributed by atoms with Crippen LogP contribution in [0.25, 0.3) is 0 Å². The van der Waals surface area contributed by atoms with E-state index in [-0.39, 0.29) is 6.01 Å². The molecular weight excluding hydrogens is 273 g/mol. The molecule has 0 aliphatic rings. The van der Waals surface area contributed by atoms with E-state index in [0.29, 0.717) is 13.0 Å². The number of aromatic nitrogens is 2. The second-order valence-electron chi connectivity index (χ2n) is 3.72. The number of halogens is 3. The quantitative estimate of drug-likeness (QED) is 0.466. The van der Waals surface area contributed by atoms with Crippen LogP contribution in [0.4, 0.5) is 13.2 Å². The van der Waals surface area contributed by atoms with Crippen LogP contribution < -0.4 is 8.75 Å². The minimum absolute atomic E-state index is 0.360. The van der Waals surface area contributed by atoms with Crippen molar-refractivity contribution in [1.29, 1.82) is 0 Å². The van der Waals surface area contributed by atoms with Crippen molar-refractivity contribution in [3.05, 3.63) is 12.4 Å². The number of rotatable bonds is 5. The summed E-state index contributed by atoms with van der Waals surface area (Å²) in [4.78, 5) is 0. The third-order valence-corrected chi connectivity index (χ3v) is 3.17. The Morgan fingerprint density at radius 1 is 1.44 bits per heavy atom. The zero-order valence-corrected chi connectivity index (χ0v) is 10.8. The molecule has 0 atom stereocenters. The molecule has 0 spiro atoms. The van der Waals surface area contributed by atoms with E-state index in [1.54, 1.807) is 0 Å². The zero-order chi connectivity index (χ0) is 14.0. The molecule has 1 aromatic rings. The van der Waals surface area contributed by atoms with Gasteiger partial charge in [0.1, 0.15) is 12.4 Å². The molecular formula is C9H14F3N2O3S+. The largest absolute Gasteiger partial charge is 0.534 e. The number of hydrogen-bond donors (Lipinski definition) is 0. The Morgan fingerprint density at radius 3 is 2.56 bits per heavy atom. The molecule has 9 heteroatoms. The average Bonchev–Trinajstić information content (AvgIpc) is 2.56. The summed E-state index contributed by atoms with van der Waals surface area (Å²) in [5, 5.41) is 0. The molecule has 0 saturated carbocycles. The van der Waals surface area contributed by atoms with E-state index in [4.69, 9.17) is 0 Å². The molecule has 0 aromatic carbocycles. The third-order valence-electron chi connectivity index (χ3n) is 2.24. The Balaban J connectivity index is 3.01. The first-order valence-electron chi connectivity index (χ1n) is 5.24. The van der Waals surface area contributed by atoms with E-state index >= 15 is 0 Å². The lowest BCUT2D eigenvalue weighted by Gasteiger charge is -2.07. The zero-order valence-electron chi connectivity index (χ0n) is 9.94. The van der Waals surface area contributed by atoms with E-state index in [1.807, 2.05) is 6.92 Å². The Morgan fingerprint density at radius 2 is 2.06 bits per heavy atom. The second-order valence-corrected chi connectivity index (χ2v) is 5.26. The predicted octanol–water partition coefficient (Wildman–Crippen LogP) is 1.34. The Labute approximate surface area is 103 Å². The third kappa shape index (κ3) is 3.15. The van der Waals surface area contributed by atoms with Crippen LogP contribution in [-0.2, 0) is 23.7 Å². The highest BCUT2D eigenvalue weighted by Crippen LogP contribution is 2.25. The fourth-order valence-electron chi connectivity index (χ4n) is 1.26. The highest BCUT2D eigenvalue weighted by atomic mass is 32.2. The average molecular weight is 287 g/mol.